The van der Waals surface area contributed by atoms with Gasteiger partial charge in [-0.1, -0.05) is 12.1 Å². The Morgan fingerprint density at radius 3 is 2.68 bits per heavy atom. The van der Waals surface area contributed by atoms with E-state index in [0.717, 1.165) is 10.5 Å². The molecule has 0 aliphatic carbocycles. The molecule has 0 aliphatic rings. The molecule has 94 valence electrons. The van der Waals surface area contributed by atoms with Gasteiger partial charge in [-0.2, -0.15) is 0 Å². The highest BCUT2D eigenvalue weighted by molar-refractivity contribution is 9.11. The van der Waals surface area contributed by atoms with Gasteiger partial charge in [0, 0.05) is 9.58 Å². The Morgan fingerprint density at radius 2 is 1.89 bits per heavy atom. The third-order valence-corrected chi connectivity index (χ3v) is 7.76. The van der Waals surface area contributed by atoms with E-state index in [-0.39, 0.29) is 0 Å². The molecule has 0 saturated heterocycles. The molecule has 0 amide bonds. The summed E-state index contributed by atoms with van der Waals surface area (Å²) < 4.78 is 5.14. The monoisotopic (exact) mass is 365 g/mol. The lowest BCUT2D eigenvalue weighted by Gasteiger charge is -1.90. The first-order valence-electron chi connectivity index (χ1n) is 5.77. The first-order chi connectivity index (χ1) is 9.22. The quantitative estimate of drug-likeness (QED) is 0.385. The molecule has 4 rings (SSSR count). The van der Waals surface area contributed by atoms with Crippen molar-refractivity contribution in [3.8, 4) is 9.88 Å². The van der Waals surface area contributed by atoms with E-state index in [0.29, 0.717) is 0 Å². The number of benzene rings is 1. The molecule has 1 nitrogen and oxygen atoms in total. The number of para-hydroxylation sites is 1. The van der Waals surface area contributed by atoms with Crippen LogP contribution in [-0.2, 0) is 0 Å². The van der Waals surface area contributed by atoms with E-state index in [1.54, 1.807) is 11.3 Å². The Hall–Kier alpha value is -0.750. The Balaban J connectivity index is 1.97. The molecular weight excluding hydrogens is 358 g/mol. The molecule has 1 aromatic carbocycles. The van der Waals surface area contributed by atoms with Crippen LogP contribution in [-0.4, -0.2) is 4.98 Å². The summed E-state index contributed by atoms with van der Waals surface area (Å²) in [6.07, 6.45) is 0. The highest BCUT2D eigenvalue weighted by Crippen LogP contribution is 2.47. The molecule has 19 heavy (non-hydrogen) atoms. The maximum absolute atomic E-state index is 4.74. The Kier molecular flexibility index (Phi) is 2.77. The summed E-state index contributed by atoms with van der Waals surface area (Å²) >= 11 is 9.17. The Labute approximate surface area is 130 Å². The number of thiazole rings is 1. The second kappa shape index (κ2) is 4.38. The van der Waals surface area contributed by atoms with Crippen molar-refractivity contribution in [2.75, 3.05) is 0 Å². The van der Waals surface area contributed by atoms with E-state index in [1.807, 2.05) is 28.7 Å². The molecule has 0 bridgehead atoms. The molecule has 5 heteroatoms. The normalized spacial score (nSPS) is 11.7. The van der Waals surface area contributed by atoms with E-state index in [4.69, 9.17) is 4.98 Å². The van der Waals surface area contributed by atoms with Gasteiger partial charge in [0.05, 0.1) is 24.3 Å². The molecule has 0 atom stereocenters. The Morgan fingerprint density at radius 1 is 1.05 bits per heavy atom. The summed E-state index contributed by atoms with van der Waals surface area (Å²) in [4.78, 5) is 7.36. The molecule has 0 radical (unpaired) electrons. The minimum atomic E-state index is 1.09. The Bertz CT molecular complexity index is 867. The first-order valence-corrected chi connectivity index (χ1v) is 9.01. The zero-order chi connectivity index (χ0) is 13.0. The van der Waals surface area contributed by atoms with Gasteiger partial charge in [0.15, 0.2) is 0 Å². The molecule has 3 aromatic heterocycles. The number of rotatable bonds is 1. The fourth-order valence-corrected chi connectivity index (χ4v) is 6.61. The second-order valence-electron chi connectivity index (χ2n) is 4.28. The summed E-state index contributed by atoms with van der Waals surface area (Å²) in [7, 11) is 0. The van der Waals surface area contributed by atoms with Crippen molar-refractivity contribution in [3.05, 3.63) is 39.7 Å². The largest absolute Gasteiger partial charge is 0.235 e. The van der Waals surface area contributed by atoms with Gasteiger partial charge in [0.25, 0.3) is 0 Å². The smallest absolute Gasteiger partial charge is 0.135 e. The van der Waals surface area contributed by atoms with Crippen LogP contribution in [0.2, 0.25) is 0 Å². The summed E-state index contributed by atoms with van der Waals surface area (Å²) in [5.74, 6) is 0. The van der Waals surface area contributed by atoms with Gasteiger partial charge >= 0.3 is 0 Å². The highest BCUT2D eigenvalue weighted by Gasteiger charge is 2.16. The molecule has 0 N–H and O–H groups in total. The first kappa shape index (κ1) is 12.0. The minimum Gasteiger partial charge on any atom is -0.235 e. The zero-order valence-electron chi connectivity index (χ0n) is 9.94. The van der Waals surface area contributed by atoms with Crippen LogP contribution in [0.4, 0.5) is 0 Å². The van der Waals surface area contributed by atoms with E-state index < -0.39 is 0 Å². The van der Waals surface area contributed by atoms with Crippen LogP contribution < -0.4 is 0 Å². The summed E-state index contributed by atoms with van der Waals surface area (Å²) in [5, 5.41) is 1.11. The SMILES string of the molecule is Cc1cc2sc(-c3nc4ccccc4s3)c(Br)c2s1. The lowest BCUT2D eigenvalue weighted by atomic mass is 10.3. The van der Waals surface area contributed by atoms with Gasteiger partial charge in [-0.05, 0) is 41.1 Å². The van der Waals surface area contributed by atoms with Gasteiger partial charge in [0.2, 0.25) is 0 Å². The van der Waals surface area contributed by atoms with Gasteiger partial charge in [-0.15, -0.1) is 34.0 Å². The molecule has 0 aliphatic heterocycles. The summed E-state index contributed by atoms with van der Waals surface area (Å²) in [6, 6.07) is 10.6. The molecule has 3 heterocycles. The third-order valence-electron chi connectivity index (χ3n) is 2.92. The van der Waals surface area contributed by atoms with E-state index in [2.05, 4.69) is 47.1 Å². The highest BCUT2D eigenvalue weighted by atomic mass is 79.9. The molecule has 0 fully saturated rings. The topological polar surface area (TPSA) is 12.9 Å². The number of hydrogen-bond donors (Lipinski definition) is 0. The molecule has 0 spiro atoms. The van der Waals surface area contributed by atoms with E-state index in [9.17, 15) is 0 Å². The van der Waals surface area contributed by atoms with Crippen LogP contribution in [0.25, 0.3) is 29.5 Å². The average Bonchev–Trinajstić information content (AvgIpc) is 3.03. The fourth-order valence-electron chi connectivity index (χ4n) is 2.08. The lowest BCUT2D eigenvalue weighted by Crippen LogP contribution is -1.70. The summed E-state index contributed by atoms with van der Waals surface area (Å²) in [6.45, 7) is 2.15. The van der Waals surface area contributed by atoms with Crippen molar-refractivity contribution in [1.29, 1.82) is 0 Å². The molecule has 0 saturated carbocycles. The van der Waals surface area contributed by atoms with Crippen molar-refractivity contribution >= 4 is 69.6 Å². The number of nitrogens with zero attached hydrogens (tertiary/aromatic N) is 1. The van der Waals surface area contributed by atoms with Crippen LogP contribution in [0.3, 0.4) is 0 Å². The number of thiophene rings is 2. The average molecular weight is 366 g/mol. The van der Waals surface area contributed by atoms with Gasteiger partial charge in [-0.3, -0.25) is 0 Å². The van der Waals surface area contributed by atoms with Crippen molar-refractivity contribution in [2.24, 2.45) is 0 Å². The van der Waals surface area contributed by atoms with Crippen LogP contribution in [0.15, 0.2) is 34.8 Å². The van der Waals surface area contributed by atoms with Crippen LogP contribution in [0.5, 0.6) is 0 Å². The predicted molar refractivity (Wildman–Crippen MR) is 90.8 cm³/mol. The van der Waals surface area contributed by atoms with Crippen molar-refractivity contribution < 1.29 is 0 Å². The summed E-state index contributed by atoms with van der Waals surface area (Å²) in [5.41, 5.74) is 1.09. The van der Waals surface area contributed by atoms with Gasteiger partial charge < -0.3 is 0 Å². The van der Waals surface area contributed by atoms with Crippen molar-refractivity contribution in [1.82, 2.24) is 4.98 Å². The van der Waals surface area contributed by atoms with Crippen LogP contribution in [0, 0.1) is 6.92 Å². The van der Waals surface area contributed by atoms with Crippen molar-refractivity contribution in [2.45, 2.75) is 6.92 Å². The standard InChI is InChI=1S/C14H8BrNS3/c1-7-6-10-12(17-7)11(15)13(18-10)14-16-8-4-2-3-5-9(8)19-14/h2-6H,1H3. The van der Waals surface area contributed by atoms with E-state index >= 15 is 0 Å². The number of aromatic nitrogens is 1. The minimum absolute atomic E-state index is 1.09. The second-order valence-corrected chi connectivity index (χ2v) is 8.41. The molecule has 4 aromatic rings. The number of fused-ring (bicyclic) bond motifs is 2. The number of aryl methyl sites for hydroxylation is 1. The van der Waals surface area contributed by atoms with Crippen LogP contribution >= 0.6 is 49.9 Å². The zero-order valence-corrected chi connectivity index (χ0v) is 14.0. The van der Waals surface area contributed by atoms with Gasteiger partial charge in [-0.25, -0.2) is 4.98 Å². The third kappa shape index (κ3) is 1.88. The predicted octanol–water partition coefficient (Wildman–Crippen LogP) is 6.31. The molecule has 0 unspecified atom stereocenters. The van der Waals surface area contributed by atoms with E-state index in [1.165, 1.54) is 28.3 Å². The van der Waals surface area contributed by atoms with Crippen molar-refractivity contribution in [3.63, 3.8) is 0 Å². The maximum Gasteiger partial charge on any atom is 0.135 e. The maximum atomic E-state index is 4.74. The lowest BCUT2D eigenvalue weighted by molar-refractivity contribution is 1.50. The number of hydrogen-bond acceptors (Lipinski definition) is 4. The molecular formula is C14H8BrNS3. The fraction of sp³-hybridized carbons (Fsp3) is 0.0714. The van der Waals surface area contributed by atoms with Gasteiger partial charge in [0.1, 0.15) is 5.01 Å². The number of halogens is 1. The van der Waals surface area contributed by atoms with Crippen LogP contribution in [0.1, 0.15) is 4.88 Å².